The van der Waals surface area contributed by atoms with Crippen LogP contribution in [0.2, 0.25) is 0 Å². The van der Waals surface area contributed by atoms with Gasteiger partial charge in [-0.1, -0.05) is 17.7 Å². The van der Waals surface area contributed by atoms with E-state index in [0.717, 1.165) is 83.3 Å². The van der Waals surface area contributed by atoms with Crippen molar-refractivity contribution in [3.63, 3.8) is 0 Å². The van der Waals surface area contributed by atoms with Crippen LogP contribution >= 0.6 is 24.0 Å². The topological polar surface area (TPSA) is 64.1 Å². The van der Waals surface area contributed by atoms with E-state index in [1.165, 1.54) is 5.56 Å². The molecule has 1 saturated heterocycles. The van der Waals surface area contributed by atoms with Gasteiger partial charge in [-0.25, -0.2) is 0 Å². The van der Waals surface area contributed by atoms with Gasteiger partial charge in [-0.3, -0.25) is 4.99 Å². The molecule has 1 aromatic carbocycles. The van der Waals surface area contributed by atoms with Gasteiger partial charge >= 0.3 is 0 Å². The number of rotatable bonds is 13. The number of unbranched alkanes of at least 4 members (excludes halogenated alkanes) is 1. The molecule has 1 aromatic rings. The number of ether oxygens (including phenoxy) is 3. The number of benzene rings is 1. The van der Waals surface area contributed by atoms with Gasteiger partial charge in [0.25, 0.3) is 0 Å². The lowest BCUT2D eigenvalue weighted by molar-refractivity contribution is 0.0171. The maximum atomic E-state index is 5.76. The van der Waals surface area contributed by atoms with Gasteiger partial charge in [-0.2, -0.15) is 0 Å². The van der Waals surface area contributed by atoms with Gasteiger partial charge in [0.05, 0.1) is 19.3 Å². The first-order chi connectivity index (χ1) is 13.8. The Labute approximate surface area is 193 Å². The van der Waals surface area contributed by atoms with E-state index in [4.69, 9.17) is 14.2 Å². The monoisotopic (exact) mass is 519 g/mol. The first kappa shape index (κ1) is 26.0. The number of nitrogens with zero attached hydrogens (tertiary/aromatic N) is 1. The molecule has 0 saturated carbocycles. The summed E-state index contributed by atoms with van der Waals surface area (Å²) in [6, 6.07) is 8.19. The highest BCUT2D eigenvalue weighted by Gasteiger charge is 2.14. The molecule has 1 unspecified atom stereocenters. The van der Waals surface area contributed by atoms with Crippen molar-refractivity contribution in [1.82, 2.24) is 10.6 Å². The van der Waals surface area contributed by atoms with Crippen LogP contribution in [0.15, 0.2) is 29.3 Å². The third-order valence-electron chi connectivity index (χ3n) is 4.54. The summed E-state index contributed by atoms with van der Waals surface area (Å²) in [6.45, 7) is 9.74. The summed E-state index contributed by atoms with van der Waals surface area (Å²) in [5.74, 6) is 1.82. The molecule has 0 aromatic heterocycles. The fourth-order valence-corrected chi connectivity index (χ4v) is 2.95. The molecular weight excluding hydrogens is 481 g/mol. The minimum Gasteiger partial charge on any atom is -0.494 e. The molecule has 1 heterocycles. The van der Waals surface area contributed by atoms with Crippen LogP contribution in [0, 0.1) is 6.92 Å². The lowest BCUT2D eigenvalue weighted by Gasteiger charge is -2.12. The molecule has 1 atom stereocenters. The van der Waals surface area contributed by atoms with Gasteiger partial charge in [0, 0.05) is 32.8 Å². The summed E-state index contributed by atoms with van der Waals surface area (Å²) < 4.78 is 17.0. The Morgan fingerprint density at radius 2 is 1.97 bits per heavy atom. The van der Waals surface area contributed by atoms with Crippen LogP contribution in [0.25, 0.3) is 0 Å². The smallest absolute Gasteiger partial charge is 0.191 e. The third-order valence-corrected chi connectivity index (χ3v) is 4.54. The minimum absolute atomic E-state index is 0. The van der Waals surface area contributed by atoms with E-state index in [-0.39, 0.29) is 24.0 Å². The van der Waals surface area contributed by atoms with E-state index in [0.29, 0.717) is 12.7 Å². The Morgan fingerprint density at radius 3 is 2.69 bits per heavy atom. The zero-order valence-electron chi connectivity index (χ0n) is 18.0. The van der Waals surface area contributed by atoms with E-state index in [9.17, 15) is 0 Å². The second-order valence-electron chi connectivity index (χ2n) is 7.12. The van der Waals surface area contributed by atoms with Crippen LogP contribution in [0.1, 0.15) is 44.6 Å². The van der Waals surface area contributed by atoms with Crippen molar-refractivity contribution in [2.45, 2.75) is 52.1 Å². The number of guanidine groups is 1. The van der Waals surface area contributed by atoms with Crippen LogP contribution < -0.4 is 15.4 Å². The third kappa shape index (κ3) is 12.3. The number of hydrogen-bond donors (Lipinski definition) is 2. The highest BCUT2D eigenvalue weighted by atomic mass is 127. The van der Waals surface area contributed by atoms with Gasteiger partial charge in [-0.05, 0) is 58.1 Å². The molecule has 166 valence electrons. The fourth-order valence-electron chi connectivity index (χ4n) is 2.95. The summed E-state index contributed by atoms with van der Waals surface area (Å²) in [5, 5.41) is 6.67. The largest absolute Gasteiger partial charge is 0.494 e. The molecule has 0 aliphatic carbocycles. The Kier molecular flexibility index (Phi) is 15.0. The first-order valence-corrected chi connectivity index (χ1v) is 10.7. The zero-order valence-corrected chi connectivity index (χ0v) is 20.3. The van der Waals surface area contributed by atoms with Crippen LogP contribution in [0.4, 0.5) is 0 Å². The van der Waals surface area contributed by atoms with Crippen LogP contribution in [-0.2, 0) is 9.47 Å². The van der Waals surface area contributed by atoms with E-state index in [1.54, 1.807) is 0 Å². The molecule has 6 nitrogen and oxygen atoms in total. The van der Waals surface area contributed by atoms with Crippen molar-refractivity contribution in [3.05, 3.63) is 29.8 Å². The van der Waals surface area contributed by atoms with E-state index < -0.39 is 0 Å². The molecule has 1 fully saturated rings. The summed E-state index contributed by atoms with van der Waals surface area (Å²) >= 11 is 0. The Hall–Kier alpha value is -1.06. The Balaban J connectivity index is 0.00000420. The molecule has 0 bridgehead atoms. The van der Waals surface area contributed by atoms with Gasteiger partial charge < -0.3 is 24.8 Å². The van der Waals surface area contributed by atoms with E-state index >= 15 is 0 Å². The quantitative estimate of drug-likeness (QED) is 0.179. The van der Waals surface area contributed by atoms with Crippen molar-refractivity contribution in [3.8, 4) is 5.75 Å². The second-order valence-corrected chi connectivity index (χ2v) is 7.12. The van der Waals surface area contributed by atoms with Crippen LogP contribution in [0.3, 0.4) is 0 Å². The normalized spacial score (nSPS) is 16.3. The maximum absolute atomic E-state index is 5.76. The van der Waals surface area contributed by atoms with Crippen molar-refractivity contribution in [1.29, 1.82) is 0 Å². The average Bonchev–Trinajstić information content (AvgIpc) is 3.22. The lowest BCUT2D eigenvalue weighted by Crippen LogP contribution is -2.38. The molecule has 1 aliphatic rings. The lowest BCUT2D eigenvalue weighted by atomic mass is 10.2. The number of aryl methyl sites for hydroxylation is 1. The molecular formula is C22H38IN3O3. The molecule has 2 N–H and O–H groups in total. The predicted molar refractivity (Wildman–Crippen MR) is 130 cm³/mol. The van der Waals surface area contributed by atoms with Crippen LogP contribution in [-0.4, -0.2) is 58.1 Å². The second kappa shape index (κ2) is 16.7. The van der Waals surface area contributed by atoms with E-state index in [2.05, 4.69) is 41.6 Å². The number of aliphatic imine (C=N–C) groups is 1. The molecule has 2 rings (SSSR count). The summed E-state index contributed by atoms with van der Waals surface area (Å²) in [5.41, 5.74) is 1.25. The molecule has 0 radical (unpaired) electrons. The maximum Gasteiger partial charge on any atom is 0.191 e. The van der Waals surface area contributed by atoms with Crippen molar-refractivity contribution < 1.29 is 14.2 Å². The Morgan fingerprint density at radius 1 is 1.14 bits per heavy atom. The molecule has 1 aliphatic heterocycles. The molecule has 0 spiro atoms. The zero-order chi connectivity index (χ0) is 19.9. The van der Waals surface area contributed by atoms with Crippen LogP contribution in [0.5, 0.6) is 5.75 Å². The standard InChI is InChI=1S/C22H37N3O3.HI/c1-3-23-22(25-14-7-15-26-18-21-8-6-17-28-21)24-13-4-5-16-27-20-11-9-19(2)10-12-20;/h9-12,21H,3-8,13-18H2,1-2H3,(H2,23,24,25);1H. The SMILES string of the molecule is CCNC(=NCCCOCC1CCCO1)NCCCCOc1ccc(C)cc1.I. The predicted octanol–water partition coefficient (Wildman–Crippen LogP) is 3.91. The summed E-state index contributed by atoms with van der Waals surface area (Å²) in [7, 11) is 0. The number of nitrogens with one attached hydrogen (secondary N) is 2. The number of hydrogen-bond acceptors (Lipinski definition) is 4. The van der Waals surface area contributed by atoms with Crippen molar-refractivity contribution in [2.75, 3.05) is 46.1 Å². The summed E-state index contributed by atoms with van der Waals surface area (Å²) in [4.78, 5) is 4.61. The van der Waals surface area contributed by atoms with Gasteiger partial charge in [0.2, 0.25) is 0 Å². The Bertz CT molecular complexity index is 549. The number of halogens is 1. The summed E-state index contributed by atoms with van der Waals surface area (Å²) in [6.07, 6.45) is 5.57. The van der Waals surface area contributed by atoms with Crippen molar-refractivity contribution in [2.24, 2.45) is 4.99 Å². The van der Waals surface area contributed by atoms with Gasteiger partial charge in [0.15, 0.2) is 5.96 Å². The minimum atomic E-state index is 0. The molecule has 0 amide bonds. The molecule has 29 heavy (non-hydrogen) atoms. The van der Waals surface area contributed by atoms with Gasteiger partial charge in [0.1, 0.15) is 5.75 Å². The highest BCUT2D eigenvalue weighted by molar-refractivity contribution is 14.0. The van der Waals surface area contributed by atoms with Gasteiger partial charge in [-0.15, -0.1) is 24.0 Å². The van der Waals surface area contributed by atoms with Crippen molar-refractivity contribution >= 4 is 29.9 Å². The molecule has 7 heteroatoms. The fraction of sp³-hybridized carbons (Fsp3) is 0.682. The van der Waals surface area contributed by atoms with E-state index in [1.807, 2.05) is 12.1 Å². The highest BCUT2D eigenvalue weighted by Crippen LogP contribution is 2.12. The average molecular weight is 519 g/mol. The first-order valence-electron chi connectivity index (χ1n) is 10.7.